The summed E-state index contributed by atoms with van der Waals surface area (Å²) in [6.07, 6.45) is 11.5. The predicted octanol–water partition coefficient (Wildman–Crippen LogP) is 6.09. The molecule has 6 rings (SSSR count). The van der Waals surface area contributed by atoms with Gasteiger partial charge in [0, 0.05) is 25.7 Å². The zero-order chi connectivity index (χ0) is 29.3. The Hall–Kier alpha value is -1.24. The largest absolute Gasteiger partial charge is 0.481 e. The number of piperidine rings is 1. The van der Waals surface area contributed by atoms with Crippen molar-refractivity contribution in [2.45, 2.75) is 98.2 Å². The first-order chi connectivity index (χ1) is 19.5. The van der Waals surface area contributed by atoms with Crippen molar-refractivity contribution >= 4 is 12.3 Å². The molecule has 0 aromatic heterocycles. The average molecular weight is 570 g/mol. The normalized spacial score (nSPS) is 46.0. The maximum Gasteiger partial charge on any atom is 0.315 e. The van der Waals surface area contributed by atoms with Crippen molar-refractivity contribution < 1.29 is 24.2 Å². The molecule has 6 nitrogen and oxygen atoms in total. The van der Waals surface area contributed by atoms with Gasteiger partial charge in [-0.25, -0.2) is 0 Å². The molecule has 4 aliphatic carbocycles. The fourth-order valence-corrected chi connectivity index (χ4v) is 11.9. The molecule has 10 atom stereocenters. The summed E-state index contributed by atoms with van der Waals surface area (Å²) in [6.45, 7) is 15.2. The van der Waals surface area contributed by atoms with Crippen LogP contribution in [0.15, 0.2) is 11.6 Å². The minimum atomic E-state index is -1.15. The lowest BCUT2D eigenvalue weighted by Gasteiger charge is -2.60. The van der Waals surface area contributed by atoms with E-state index in [2.05, 4.69) is 45.6 Å². The molecule has 0 aromatic rings. The van der Waals surface area contributed by atoms with E-state index in [0.717, 1.165) is 83.0 Å². The number of fused-ring (bicyclic) bond motifs is 2. The van der Waals surface area contributed by atoms with Gasteiger partial charge in [-0.05, 0) is 105 Å². The monoisotopic (exact) mass is 569 g/mol. The molecule has 6 aliphatic rings. The highest BCUT2D eigenvalue weighted by Crippen LogP contribution is 2.84. The van der Waals surface area contributed by atoms with E-state index in [0.29, 0.717) is 36.0 Å². The minimum Gasteiger partial charge on any atom is -0.481 e. The van der Waals surface area contributed by atoms with Crippen LogP contribution in [0, 0.1) is 63.6 Å². The Kier molecular flexibility index (Phi) is 7.80. The summed E-state index contributed by atoms with van der Waals surface area (Å²) in [5, 5.41) is 11.5. The van der Waals surface area contributed by atoms with Crippen LogP contribution in [-0.4, -0.2) is 67.8 Å². The molecule has 0 spiro atoms. The average Bonchev–Trinajstić information content (AvgIpc) is 3.63. The third-order valence-electron chi connectivity index (χ3n) is 13.3. The molecular weight excluding hydrogens is 514 g/mol. The van der Waals surface area contributed by atoms with Crippen LogP contribution in [0.25, 0.3) is 0 Å². The number of hydrogen-bond donors (Lipinski definition) is 1. The number of hydrogen-bond acceptors (Lipinski definition) is 5. The number of carbonyl (C=O) groups excluding carboxylic acids is 1. The van der Waals surface area contributed by atoms with Gasteiger partial charge in [-0.1, -0.05) is 52.7 Å². The fraction of sp³-hybridized carbons (Fsp3) is 0.886. The summed E-state index contributed by atoms with van der Waals surface area (Å²) in [7, 11) is 1.80. The number of aldehydes is 1. The van der Waals surface area contributed by atoms with Gasteiger partial charge in [-0.15, -0.1) is 0 Å². The Morgan fingerprint density at radius 1 is 1.17 bits per heavy atom. The Bertz CT molecular complexity index is 1050. The summed E-state index contributed by atoms with van der Waals surface area (Å²) in [4.78, 5) is 30.0. The second-order valence-corrected chi connectivity index (χ2v) is 15.9. The van der Waals surface area contributed by atoms with Crippen LogP contribution in [0.4, 0.5) is 0 Å². The lowest BCUT2D eigenvalue weighted by atomic mass is 9.41. The van der Waals surface area contributed by atoms with E-state index in [4.69, 9.17) is 9.47 Å². The second kappa shape index (κ2) is 10.7. The third-order valence-corrected chi connectivity index (χ3v) is 13.3. The number of allylic oxidation sites excluding steroid dienone is 1. The summed E-state index contributed by atoms with van der Waals surface area (Å²) < 4.78 is 12.7. The minimum absolute atomic E-state index is 0.0996. The lowest BCUT2D eigenvalue weighted by Crippen LogP contribution is -2.65. The standard InChI is InChI=1S/C35H55NO5/c1-21(2)13-25-14-31(41-30(25)18-36-11-9-24(10-12-36)19-40-6)34-17-27-23(5)7-8-28(27)33(20-37)16-26(34)15-29(22(3)4)35(33,34)32(38)39/h15,20-28,30-31H,7-14,16-19H2,1-6H3,(H,38,39)/t23-,25?,26?,27-,28-,30?,31?,33?,34?,35?/m1/s1. The summed E-state index contributed by atoms with van der Waals surface area (Å²) in [5.74, 6) is 2.18. The lowest BCUT2D eigenvalue weighted by molar-refractivity contribution is -0.197. The molecule has 5 fully saturated rings. The molecule has 4 bridgehead atoms. The smallest absolute Gasteiger partial charge is 0.315 e. The maximum atomic E-state index is 14.0. The number of likely N-dealkylation sites (tertiary alicyclic amines) is 1. The van der Waals surface area contributed by atoms with Gasteiger partial charge in [0.05, 0.1) is 17.6 Å². The van der Waals surface area contributed by atoms with Gasteiger partial charge < -0.3 is 24.3 Å². The molecule has 6 heteroatoms. The quantitative estimate of drug-likeness (QED) is 0.254. The molecule has 2 heterocycles. The van der Waals surface area contributed by atoms with Crippen LogP contribution in [0.2, 0.25) is 0 Å². The van der Waals surface area contributed by atoms with Crippen LogP contribution in [0.1, 0.15) is 86.0 Å². The molecule has 2 saturated heterocycles. The molecule has 1 N–H and O–H groups in total. The number of methoxy groups -OCH3 is 1. The number of carboxylic acids is 1. The SMILES string of the molecule is COCC1CCN(CC2OC(C34C[C@@H]5[C@H](C)CC[C@H]5C5(C=O)CC3C=C(C(C)C)C45C(=O)O)CC2CC(C)C)CC1. The van der Waals surface area contributed by atoms with E-state index in [9.17, 15) is 14.7 Å². The van der Waals surface area contributed by atoms with Crippen LogP contribution < -0.4 is 0 Å². The van der Waals surface area contributed by atoms with Crippen molar-refractivity contribution in [2.75, 3.05) is 33.4 Å². The van der Waals surface area contributed by atoms with Crippen molar-refractivity contribution in [3.8, 4) is 0 Å². The van der Waals surface area contributed by atoms with Crippen LogP contribution in [-0.2, 0) is 19.1 Å². The van der Waals surface area contributed by atoms with Crippen molar-refractivity contribution in [3.63, 3.8) is 0 Å². The molecule has 3 saturated carbocycles. The number of carbonyl (C=O) groups is 2. The highest BCUT2D eigenvalue weighted by Gasteiger charge is 2.86. The van der Waals surface area contributed by atoms with Gasteiger partial charge in [0.15, 0.2) is 0 Å². The molecule has 230 valence electrons. The third kappa shape index (κ3) is 4.05. The summed E-state index contributed by atoms with van der Waals surface area (Å²) in [5.41, 5.74) is -1.47. The first kappa shape index (κ1) is 29.8. The van der Waals surface area contributed by atoms with Gasteiger partial charge in [0.25, 0.3) is 0 Å². The van der Waals surface area contributed by atoms with Crippen LogP contribution in [0.5, 0.6) is 0 Å². The van der Waals surface area contributed by atoms with Crippen molar-refractivity contribution in [1.29, 1.82) is 0 Å². The first-order valence-corrected chi connectivity index (χ1v) is 16.8. The zero-order valence-electron chi connectivity index (χ0n) is 26.4. The van der Waals surface area contributed by atoms with E-state index < -0.39 is 22.2 Å². The fourth-order valence-electron chi connectivity index (χ4n) is 11.9. The van der Waals surface area contributed by atoms with E-state index in [1.54, 1.807) is 7.11 Å². The number of aliphatic carboxylic acids is 1. The highest BCUT2D eigenvalue weighted by molar-refractivity contribution is 5.90. The number of ether oxygens (including phenoxy) is 2. The first-order valence-electron chi connectivity index (χ1n) is 16.8. The van der Waals surface area contributed by atoms with E-state index in [1.165, 1.54) is 0 Å². The topological polar surface area (TPSA) is 76.1 Å². The molecule has 0 amide bonds. The Balaban J connectivity index is 1.38. The number of carboxylic acid groups (broad SMARTS) is 1. The van der Waals surface area contributed by atoms with Crippen LogP contribution in [0.3, 0.4) is 0 Å². The number of rotatable bonds is 10. The van der Waals surface area contributed by atoms with Crippen molar-refractivity contribution in [1.82, 2.24) is 4.90 Å². The number of nitrogens with zero attached hydrogens (tertiary/aromatic N) is 1. The summed E-state index contributed by atoms with van der Waals surface area (Å²) >= 11 is 0. The molecule has 41 heavy (non-hydrogen) atoms. The van der Waals surface area contributed by atoms with Crippen LogP contribution >= 0.6 is 0 Å². The van der Waals surface area contributed by atoms with Gasteiger partial charge in [0.2, 0.25) is 0 Å². The summed E-state index contributed by atoms with van der Waals surface area (Å²) in [6, 6.07) is 0. The Labute approximate surface area is 248 Å². The second-order valence-electron chi connectivity index (χ2n) is 15.9. The Morgan fingerprint density at radius 2 is 1.90 bits per heavy atom. The van der Waals surface area contributed by atoms with E-state index in [-0.39, 0.29) is 30.0 Å². The predicted molar refractivity (Wildman–Crippen MR) is 159 cm³/mol. The van der Waals surface area contributed by atoms with Gasteiger partial charge in [-0.3, -0.25) is 4.79 Å². The van der Waals surface area contributed by atoms with Gasteiger partial charge in [-0.2, -0.15) is 0 Å². The van der Waals surface area contributed by atoms with E-state index >= 15 is 0 Å². The molecule has 2 aliphatic heterocycles. The Morgan fingerprint density at radius 3 is 2.51 bits per heavy atom. The van der Waals surface area contributed by atoms with Crippen molar-refractivity contribution in [3.05, 3.63) is 11.6 Å². The molecule has 0 aromatic carbocycles. The molecule has 0 radical (unpaired) electrons. The maximum absolute atomic E-state index is 14.0. The molecule has 7 unspecified atom stereocenters. The van der Waals surface area contributed by atoms with Gasteiger partial charge >= 0.3 is 5.97 Å². The molecular formula is C35H55NO5. The van der Waals surface area contributed by atoms with Gasteiger partial charge in [0.1, 0.15) is 11.7 Å². The zero-order valence-corrected chi connectivity index (χ0v) is 26.4. The highest BCUT2D eigenvalue weighted by atomic mass is 16.5. The van der Waals surface area contributed by atoms with Crippen molar-refractivity contribution in [2.24, 2.45) is 63.6 Å². The van der Waals surface area contributed by atoms with E-state index in [1.807, 2.05) is 0 Å².